The molecular formula is C12H15BrO3. The molecule has 0 bridgehead atoms. The first kappa shape index (κ1) is 11.7. The van der Waals surface area contributed by atoms with Gasteiger partial charge in [0.2, 0.25) is 6.79 Å². The predicted molar refractivity (Wildman–Crippen MR) is 64.7 cm³/mol. The lowest BCUT2D eigenvalue weighted by Gasteiger charge is -2.15. The lowest BCUT2D eigenvalue weighted by molar-refractivity contribution is 0.149. The van der Waals surface area contributed by atoms with Gasteiger partial charge in [-0.3, -0.25) is 0 Å². The van der Waals surface area contributed by atoms with Crippen molar-refractivity contribution in [3.63, 3.8) is 0 Å². The summed E-state index contributed by atoms with van der Waals surface area (Å²) in [5.74, 6) is 1.89. The second-order valence-electron chi connectivity index (χ2n) is 4.37. The van der Waals surface area contributed by atoms with Crippen LogP contribution in [-0.4, -0.2) is 11.9 Å². The molecule has 4 heteroatoms. The van der Waals surface area contributed by atoms with Gasteiger partial charge in [-0.05, 0) is 30.0 Å². The number of fused-ring (bicyclic) bond motifs is 1. The normalized spacial score (nSPS) is 15.6. The van der Waals surface area contributed by atoms with Crippen LogP contribution in [0.15, 0.2) is 16.6 Å². The third kappa shape index (κ3) is 2.33. The summed E-state index contributed by atoms with van der Waals surface area (Å²) in [6.45, 7) is 4.43. The first-order valence-corrected chi connectivity index (χ1v) is 6.14. The van der Waals surface area contributed by atoms with Gasteiger partial charge in [0.1, 0.15) is 0 Å². The number of aliphatic hydroxyl groups is 1. The Labute approximate surface area is 104 Å². The Balaban J connectivity index is 2.27. The monoisotopic (exact) mass is 286 g/mol. The van der Waals surface area contributed by atoms with E-state index in [0.717, 1.165) is 22.2 Å². The minimum absolute atomic E-state index is 0.255. The SMILES string of the molecule is CC(C)CC(O)c1cc2c(cc1Br)OCO2. The van der Waals surface area contributed by atoms with Gasteiger partial charge in [0.05, 0.1) is 6.10 Å². The Morgan fingerprint density at radius 1 is 1.31 bits per heavy atom. The van der Waals surface area contributed by atoms with Crippen molar-refractivity contribution >= 4 is 15.9 Å². The highest BCUT2D eigenvalue weighted by Crippen LogP contribution is 2.40. The van der Waals surface area contributed by atoms with Crippen LogP contribution in [0.25, 0.3) is 0 Å². The van der Waals surface area contributed by atoms with E-state index in [2.05, 4.69) is 29.8 Å². The molecule has 0 aromatic heterocycles. The average Bonchev–Trinajstić information content (AvgIpc) is 2.61. The van der Waals surface area contributed by atoms with E-state index in [1.807, 2.05) is 12.1 Å². The second kappa shape index (κ2) is 4.63. The van der Waals surface area contributed by atoms with Crippen molar-refractivity contribution < 1.29 is 14.6 Å². The van der Waals surface area contributed by atoms with Crippen LogP contribution < -0.4 is 9.47 Å². The fourth-order valence-corrected chi connectivity index (χ4v) is 2.35. The number of hydrogen-bond acceptors (Lipinski definition) is 3. The molecule has 0 spiro atoms. The Bertz CT molecular complexity index is 390. The highest BCUT2D eigenvalue weighted by molar-refractivity contribution is 9.10. The van der Waals surface area contributed by atoms with Crippen LogP contribution in [0.4, 0.5) is 0 Å². The van der Waals surface area contributed by atoms with Crippen LogP contribution in [0, 0.1) is 5.92 Å². The third-order valence-corrected chi connectivity index (χ3v) is 3.23. The van der Waals surface area contributed by atoms with Gasteiger partial charge in [-0.2, -0.15) is 0 Å². The molecule has 1 aliphatic rings. The number of hydrogen-bond donors (Lipinski definition) is 1. The molecule has 1 N–H and O–H groups in total. The average molecular weight is 287 g/mol. The van der Waals surface area contributed by atoms with Crippen LogP contribution in [0.2, 0.25) is 0 Å². The highest BCUT2D eigenvalue weighted by Gasteiger charge is 2.20. The maximum absolute atomic E-state index is 10.1. The number of ether oxygens (including phenoxy) is 2. The van der Waals surface area contributed by atoms with E-state index in [1.165, 1.54) is 0 Å². The third-order valence-electron chi connectivity index (χ3n) is 2.55. The standard InChI is InChI=1S/C12H15BrO3/c1-7(2)3-10(14)8-4-11-12(5-9(8)13)16-6-15-11/h4-5,7,10,14H,3,6H2,1-2H3. The van der Waals surface area contributed by atoms with Gasteiger partial charge in [0.25, 0.3) is 0 Å². The van der Waals surface area contributed by atoms with Gasteiger partial charge >= 0.3 is 0 Å². The quantitative estimate of drug-likeness (QED) is 0.927. The fraction of sp³-hybridized carbons (Fsp3) is 0.500. The van der Waals surface area contributed by atoms with Crippen molar-refractivity contribution in [2.45, 2.75) is 26.4 Å². The molecule has 0 radical (unpaired) electrons. The van der Waals surface area contributed by atoms with Crippen molar-refractivity contribution in [2.75, 3.05) is 6.79 Å². The molecule has 1 aromatic carbocycles. The lowest BCUT2D eigenvalue weighted by Crippen LogP contribution is -2.02. The summed E-state index contributed by atoms with van der Waals surface area (Å²) in [5, 5.41) is 10.1. The number of benzene rings is 1. The topological polar surface area (TPSA) is 38.7 Å². The molecule has 88 valence electrons. The summed E-state index contributed by atoms with van der Waals surface area (Å²) in [5.41, 5.74) is 0.859. The van der Waals surface area contributed by atoms with Crippen LogP contribution in [0.1, 0.15) is 31.9 Å². The molecule has 0 fully saturated rings. The van der Waals surface area contributed by atoms with Crippen LogP contribution >= 0.6 is 15.9 Å². The molecule has 0 saturated carbocycles. The maximum Gasteiger partial charge on any atom is 0.231 e. The lowest BCUT2D eigenvalue weighted by atomic mass is 9.99. The van der Waals surface area contributed by atoms with E-state index >= 15 is 0 Å². The molecule has 2 rings (SSSR count). The second-order valence-corrected chi connectivity index (χ2v) is 5.23. The Hall–Kier alpha value is -0.740. The smallest absolute Gasteiger partial charge is 0.231 e. The molecule has 1 unspecified atom stereocenters. The molecule has 1 atom stereocenters. The molecule has 1 aliphatic heterocycles. The molecule has 16 heavy (non-hydrogen) atoms. The van der Waals surface area contributed by atoms with Gasteiger partial charge in [0.15, 0.2) is 11.5 Å². The van der Waals surface area contributed by atoms with Gasteiger partial charge in [-0.15, -0.1) is 0 Å². The maximum atomic E-state index is 10.1. The summed E-state index contributed by atoms with van der Waals surface area (Å²) in [6.07, 6.45) is 0.266. The summed E-state index contributed by atoms with van der Waals surface area (Å²) in [6, 6.07) is 3.70. The molecule has 1 heterocycles. The molecule has 0 aliphatic carbocycles. The zero-order valence-electron chi connectivity index (χ0n) is 9.37. The number of aliphatic hydroxyl groups excluding tert-OH is 1. The highest BCUT2D eigenvalue weighted by atomic mass is 79.9. The summed E-state index contributed by atoms with van der Waals surface area (Å²) >= 11 is 3.44. The zero-order chi connectivity index (χ0) is 11.7. The van der Waals surface area contributed by atoms with Crippen molar-refractivity contribution in [2.24, 2.45) is 5.92 Å². The van der Waals surface area contributed by atoms with E-state index in [4.69, 9.17) is 9.47 Å². The van der Waals surface area contributed by atoms with Crippen molar-refractivity contribution in [1.29, 1.82) is 0 Å². The zero-order valence-corrected chi connectivity index (χ0v) is 11.0. The van der Waals surface area contributed by atoms with Gasteiger partial charge < -0.3 is 14.6 Å². The minimum atomic E-state index is -0.469. The minimum Gasteiger partial charge on any atom is -0.454 e. The van der Waals surface area contributed by atoms with E-state index in [1.54, 1.807) is 0 Å². The first-order valence-electron chi connectivity index (χ1n) is 5.35. The molecule has 0 amide bonds. The van der Waals surface area contributed by atoms with Crippen molar-refractivity contribution in [3.05, 3.63) is 22.2 Å². The summed E-state index contributed by atoms with van der Waals surface area (Å²) in [4.78, 5) is 0. The van der Waals surface area contributed by atoms with E-state index in [9.17, 15) is 5.11 Å². The van der Waals surface area contributed by atoms with Gasteiger partial charge in [-0.1, -0.05) is 29.8 Å². The summed E-state index contributed by atoms with van der Waals surface area (Å²) in [7, 11) is 0. The van der Waals surface area contributed by atoms with E-state index < -0.39 is 6.10 Å². The number of rotatable bonds is 3. The molecule has 1 aromatic rings. The predicted octanol–water partition coefficient (Wildman–Crippen LogP) is 3.26. The van der Waals surface area contributed by atoms with Crippen LogP contribution in [0.3, 0.4) is 0 Å². The van der Waals surface area contributed by atoms with E-state index in [-0.39, 0.29) is 6.79 Å². The molecular weight excluding hydrogens is 272 g/mol. The molecule has 0 saturated heterocycles. The Morgan fingerprint density at radius 2 is 1.94 bits per heavy atom. The Kier molecular flexibility index (Phi) is 3.40. The van der Waals surface area contributed by atoms with Gasteiger partial charge in [0, 0.05) is 4.47 Å². The number of halogens is 1. The van der Waals surface area contributed by atoms with Crippen molar-refractivity contribution in [1.82, 2.24) is 0 Å². The van der Waals surface area contributed by atoms with E-state index in [0.29, 0.717) is 11.7 Å². The van der Waals surface area contributed by atoms with Crippen molar-refractivity contribution in [3.8, 4) is 11.5 Å². The van der Waals surface area contributed by atoms with Crippen LogP contribution in [0.5, 0.6) is 11.5 Å². The first-order chi connectivity index (χ1) is 7.58. The molecule has 3 nitrogen and oxygen atoms in total. The Morgan fingerprint density at radius 3 is 2.56 bits per heavy atom. The van der Waals surface area contributed by atoms with Gasteiger partial charge in [-0.25, -0.2) is 0 Å². The largest absolute Gasteiger partial charge is 0.454 e. The fourth-order valence-electron chi connectivity index (χ4n) is 1.76. The summed E-state index contributed by atoms with van der Waals surface area (Å²) < 4.78 is 11.4. The van der Waals surface area contributed by atoms with Crippen LogP contribution in [-0.2, 0) is 0 Å².